The molecule has 0 aliphatic heterocycles. The third kappa shape index (κ3) is 3.71. The van der Waals surface area contributed by atoms with Crippen LogP contribution in [-0.4, -0.2) is 34.5 Å². The van der Waals surface area contributed by atoms with Gasteiger partial charge in [0.05, 0.1) is 0 Å². The normalized spacial score (nSPS) is 12.7. The van der Waals surface area contributed by atoms with Crippen molar-refractivity contribution < 1.29 is 19.1 Å². The van der Waals surface area contributed by atoms with Gasteiger partial charge in [-0.05, 0) is 25.5 Å². The second kappa shape index (κ2) is 6.58. The number of benzene rings is 1. The van der Waals surface area contributed by atoms with Crippen LogP contribution in [0.3, 0.4) is 0 Å². The summed E-state index contributed by atoms with van der Waals surface area (Å²) in [7, 11) is 0. The Labute approximate surface area is 115 Å². The monoisotopic (exact) mass is 281 g/mol. The van der Waals surface area contributed by atoms with E-state index in [2.05, 4.69) is 4.98 Å². The average molecular weight is 281 g/mol. The third-order valence-electron chi connectivity index (χ3n) is 2.52. The first-order valence-electron chi connectivity index (χ1n) is 6.03. The van der Waals surface area contributed by atoms with Crippen LogP contribution in [0, 0.1) is 0 Å². The first-order valence-corrected chi connectivity index (χ1v) is 7.02. The number of rotatable bonds is 7. The van der Waals surface area contributed by atoms with Crippen molar-refractivity contribution in [1.82, 2.24) is 4.98 Å². The highest BCUT2D eigenvalue weighted by Gasteiger charge is 2.17. The maximum Gasteiger partial charge on any atom is 0.332 e. The predicted molar refractivity (Wildman–Crippen MR) is 72.4 cm³/mol. The molecule has 0 aliphatic rings. The number of para-hydroxylation sites is 2. The number of hydrogen-bond acceptors (Lipinski definition) is 5. The van der Waals surface area contributed by atoms with E-state index in [1.54, 1.807) is 6.92 Å². The van der Waals surface area contributed by atoms with E-state index in [0.717, 1.165) is 11.1 Å². The molecule has 0 spiro atoms. The number of carbonyl (C=O) groups is 1. The van der Waals surface area contributed by atoms with Crippen molar-refractivity contribution in [3.8, 4) is 0 Å². The van der Waals surface area contributed by atoms with E-state index in [9.17, 15) is 4.79 Å². The van der Waals surface area contributed by atoms with Crippen LogP contribution in [0.5, 0.6) is 0 Å². The summed E-state index contributed by atoms with van der Waals surface area (Å²) >= 11 is 1.40. The van der Waals surface area contributed by atoms with Gasteiger partial charge in [0.25, 0.3) is 5.22 Å². The van der Waals surface area contributed by atoms with Crippen LogP contribution in [0.15, 0.2) is 33.9 Å². The summed E-state index contributed by atoms with van der Waals surface area (Å²) in [6.45, 7) is 2.18. The van der Waals surface area contributed by atoms with E-state index in [1.165, 1.54) is 11.8 Å². The van der Waals surface area contributed by atoms with Gasteiger partial charge in [0.15, 0.2) is 11.7 Å². The van der Waals surface area contributed by atoms with Crippen LogP contribution in [0.25, 0.3) is 11.1 Å². The maximum atomic E-state index is 10.9. The number of fused-ring (bicyclic) bond motifs is 1. The van der Waals surface area contributed by atoms with Crippen LogP contribution in [0.2, 0.25) is 0 Å². The molecule has 1 atom stereocenters. The van der Waals surface area contributed by atoms with Gasteiger partial charge in [0.1, 0.15) is 5.52 Å². The van der Waals surface area contributed by atoms with Gasteiger partial charge < -0.3 is 14.3 Å². The van der Waals surface area contributed by atoms with Gasteiger partial charge in [-0.15, -0.1) is 0 Å². The third-order valence-corrected chi connectivity index (χ3v) is 3.38. The van der Waals surface area contributed by atoms with Gasteiger partial charge in [-0.1, -0.05) is 23.9 Å². The molecular weight excluding hydrogens is 266 g/mol. The van der Waals surface area contributed by atoms with E-state index < -0.39 is 12.1 Å². The van der Waals surface area contributed by atoms with E-state index in [1.807, 2.05) is 24.3 Å². The SMILES string of the molecule is CCOC(CCSc1nc2ccccc2o1)C(=O)O. The fourth-order valence-electron chi connectivity index (χ4n) is 1.65. The quantitative estimate of drug-likeness (QED) is 0.787. The molecule has 6 heteroatoms. The number of oxazole rings is 1. The number of aliphatic carboxylic acids is 1. The molecule has 5 nitrogen and oxygen atoms in total. The standard InChI is InChI=1S/C13H15NO4S/c1-2-17-11(12(15)16)7-8-19-13-14-9-5-3-4-6-10(9)18-13/h3-6,11H,2,7-8H2,1H3,(H,15,16). The van der Waals surface area contributed by atoms with Gasteiger partial charge in [-0.25, -0.2) is 9.78 Å². The van der Waals surface area contributed by atoms with Crippen molar-refractivity contribution in [2.45, 2.75) is 24.7 Å². The minimum Gasteiger partial charge on any atom is -0.479 e. The molecule has 0 fully saturated rings. The van der Waals surface area contributed by atoms with Crippen LogP contribution in [-0.2, 0) is 9.53 Å². The van der Waals surface area contributed by atoms with E-state index >= 15 is 0 Å². The summed E-state index contributed by atoms with van der Waals surface area (Å²) in [6, 6.07) is 7.52. The lowest BCUT2D eigenvalue weighted by molar-refractivity contribution is -0.150. The molecule has 0 saturated heterocycles. The molecule has 0 aliphatic carbocycles. The minimum absolute atomic E-state index is 0.393. The van der Waals surface area contributed by atoms with Gasteiger partial charge >= 0.3 is 5.97 Å². The second-order valence-electron chi connectivity index (χ2n) is 3.87. The first kappa shape index (κ1) is 13.9. The van der Waals surface area contributed by atoms with Gasteiger partial charge in [-0.3, -0.25) is 0 Å². The average Bonchev–Trinajstić information content (AvgIpc) is 2.80. The highest BCUT2D eigenvalue weighted by atomic mass is 32.2. The Bertz CT molecular complexity index is 521. The zero-order chi connectivity index (χ0) is 13.7. The van der Waals surface area contributed by atoms with E-state index in [0.29, 0.717) is 24.0 Å². The lowest BCUT2D eigenvalue weighted by atomic mass is 10.3. The van der Waals surface area contributed by atoms with Crippen molar-refractivity contribution in [2.24, 2.45) is 0 Å². The molecule has 1 unspecified atom stereocenters. The smallest absolute Gasteiger partial charge is 0.332 e. The van der Waals surface area contributed by atoms with Crippen molar-refractivity contribution in [3.05, 3.63) is 24.3 Å². The molecule has 102 valence electrons. The molecule has 1 heterocycles. The molecule has 0 bridgehead atoms. The Balaban J connectivity index is 1.89. The summed E-state index contributed by atoms with van der Waals surface area (Å²) < 4.78 is 10.7. The first-order chi connectivity index (χ1) is 9.20. The lowest BCUT2D eigenvalue weighted by Crippen LogP contribution is -2.24. The zero-order valence-electron chi connectivity index (χ0n) is 10.5. The Kier molecular flexibility index (Phi) is 4.81. The molecule has 1 N–H and O–H groups in total. The predicted octanol–water partition coefficient (Wildman–Crippen LogP) is 2.80. The number of carboxylic acids is 1. The van der Waals surface area contributed by atoms with Crippen molar-refractivity contribution in [3.63, 3.8) is 0 Å². The maximum absolute atomic E-state index is 10.9. The van der Waals surface area contributed by atoms with E-state index in [4.69, 9.17) is 14.3 Å². The number of ether oxygens (including phenoxy) is 1. The lowest BCUT2D eigenvalue weighted by Gasteiger charge is -2.10. The Morgan fingerprint density at radius 2 is 2.32 bits per heavy atom. The summed E-state index contributed by atoms with van der Waals surface area (Å²) in [5.41, 5.74) is 1.55. The number of thioether (sulfide) groups is 1. The molecule has 0 radical (unpaired) electrons. The zero-order valence-corrected chi connectivity index (χ0v) is 11.4. The topological polar surface area (TPSA) is 72.6 Å². The highest BCUT2D eigenvalue weighted by molar-refractivity contribution is 7.99. The molecule has 2 aromatic rings. The number of carboxylic acid groups (broad SMARTS) is 1. The molecular formula is C13H15NO4S. The molecule has 1 aromatic heterocycles. The van der Waals surface area contributed by atoms with Crippen LogP contribution in [0.1, 0.15) is 13.3 Å². The Hall–Kier alpha value is -1.53. The Morgan fingerprint density at radius 3 is 3.00 bits per heavy atom. The highest BCUT2D eigenvalue weighted by Crippen LogP contribution is 2.24. The summed E-state index contributed by atoms with van der Waals surface area (Å²) in [5, 5.41) is 9.50. The van der Waals surface area contributed by atoms with Crippen LogP contribution >= 0.6 is 11.8 Å². The van der Waals surface area contributed by atoms with Crippen LogP contribution in [0.4, 0.5) is 0 Å². The second-order valence-corrected chi connectivity index (χ2v) is 4.91. The number of nitrogens with zero attached hydrogens (tertiary/aromatic N) is 1. The fraction of sp³-hybridized carbons (Fsp3) is 0.385. The van der Waals surface area contributed by atoms with Gasteiger partial charge in [-0.2, -0.15) is 0 Å². The molecule has 19 heavy (non-hydrogen) atoms. The summed E-state index contributed by atoms with van der Waals surface area (Å²) in [6.07, 6.45) is -0.339. The molecule has 0 amide bonds. The van der Waals surface area contributed by atoms with E-state index in [-0.39, 0.29) is 0 Å². The largest absolute Gasteiger partial charge is 0.479 e. The van der Waals surface area contributed by atoms with Crippen molar-refractivity contribution in [1.29, 1.82) is 0 Å². The Morgan fingerprint density at radius 1 is 1.53 bits per heavy atom. The summed E-state index contributed by atoms with van der Waals surface area (Å²) in [4.78, 5) is 15.2. The molecule has 1 aromatic carbocycles. The van der Waals surface area contributed by atoms with Gasteiger partial charge in [0.2, 0.25) is 0 Å². The van der Waals surface area contributed by atoms with Gasteiger partial charge in [0, 0.05) is 12.4 Å². The fourth-order valence-corrected chi connectivity index (χ4v) is 2.46. The van der Waals surface area contributed by atoms with Crippen molar-refractivity contribution in [2.75, 3.05) is 12.4 Å². The molecule has 2 rings (SSSR count). The minimum atomic E-state index is -0.931. The molecule has 0 saturated carbocycles. The van der Waals surface area contributed by atoms with Crippen LogP contribution < -0.4 is 0 Å². The summed E-state index contributed by atoms with van der Waals surface area (Å²) in [5.74, 6) is -0.343. The number of hydrogen-bond donors (Lipinski definition) is 1. The number of aromatic nitrogens is 1. The van der Waals surface area contributed by atoms with Crippen molar-refractivity contribution >= 4 is 28.8 Å².